The first-order valence-corrected chi connectivity index (χ1v) is 8.40. The average Bonchev–Trinajstić information content (AvgIpc) is 3.06. The molecule has 3 heterocycles. The third-order valence-corrected chi connectivity index (χ3v) is 5.19. The summed E-state index contributed by atoms with van der Waals surface area (Å²) in [5.74, 6) is 0.747. The van der Waals surface area contributed by atoms with Crippen molar-refractivity contribution in [3.63, 3.8) is 0 Å². The van der Waals surface area contributed by atoms with Crippen molar-refractivity contribution in [3.05, 3.63) is 60.2 Å². The molecule has 1 aromatic carbocycles. The van der Waals surface area contributed by atoms with Crippen molar-refractivity contribution in [1.29, 1.82) is 0 Å². The summed E-state index contributed by atoms with van der Waals surface area (Å²) in [6.07, 6.45) is 4.78. The van der Waals surface area contributed by atoms with Crippen molar-refractivity contribution in [2.45, 2.75) is 6.42 Å². The summed E-state index contributed by atoms with van der Waals surface area (Å²) >= 11 is 0. The minimum absolute atomic E-state index is 0.0114. The molecule has 0 unspecified atom stereocenters. The zero-order valence-electron chi connectivity index (χ0n) is 13.4. The number of carbonyl (C=O) groups is 1. The van der Waals surface area contributed by atoms with Crippen LogP contribution in [0.25, 0.3) is 0 Å². The number of aromatic nitrogens is 1. The van der Waals surface area contributed by atoms with E-state index in [1.807, 2.05) is 17.2 Å². The van der Waals surface area contributed by atoms with E-state index < -0.39 is 0 Å². The topological polar surface area (TPSA) is 36.4 Å². The normalized spacial score (nSPS) is 23.2. The Morgan fingerprint density at radius 2 is 1.88 bits per heavy atom. The number of fused-ring (bicyclic) bond motifs is 1. The standard InChI is InChI=1S/C19H20FN3O/c20-17-5-3-14(4-6-17)19(24)23-11-15-7-9-22(12-16(15)13-23)18-2-1-8-21-10-18/h1-6,8,10,15-16H,7,9,11-13H2/t15-,16+/m1/s1. The molecule has 2 saturated heterocycles. The molecule has 0 N–H and O–H groups in total. The predicted octanol–water partition coefficient (Wildman–Crippen LogP) is 2.82. The van der Waals surface area contributed by atoms with E-state index in [9.17, 15) is 9.18 Å². The monoisotopic (exact) mass is 325 g/mol. The molecule has 124 valence electrons. The largest absolute Gasteiger partial charge is 0.370 e. The number of hydrogen-bond donors (Lipinski definition) is 0. The molecule has 2 aliphatic rings. The van der Waals surface area contributed by atoms with Crippen LogP contribution in [0.1, 0.15) is 16.8 Å². The molecule has 0 aliphatic carbocycles. The molecular formula is C19H20FN3O. The third-order valence-electron chi connectivity index (χ3n) is 5.19. The number of hydrogen-bond acceptors (Lipinski definition) is 3. The van der Waals surface area contributed by atoms with Crippen LogP contribution in [-0.2, 0) is 0 Å². The summed E-state index contributed by atoms with van der Waals surface area (Å²) in [5, 5.41) is 0. The van der Waals surface area contributed by atoms with Gasteiger partial charge in [0.15, 0.2) is 0 Å². The zero-order chi connectivity index (χ0) is 16.5. The van der Waals surface area contributed by atoms with Gasteiger partial charge in [-0.05, 0) is 54.7 Å². The summed E-state index contributed by atoms with van der Waals surface area (Å²) in [6, 6.07) is 9.88. The van der Waals surface area contributed by atoms with Gasteiger partial charge < -0.3 is 9.80 Å². The van der Waals surface area contributed by atoms with Gasteiger partial charge in [0.05, 0.1) is 11.9 Å². The lowest BCUT2D eigenvalue weighted by Crippen LogP contribution is -2.40. The minimum atomic E-state index is -0.311. The second-order valence-electron chi connectivity index (χ2n) is 6.68. The molecule has 1 amide bonds. The van der Waals surface area contributed by atoms with Gasteiger partial charge in [-0.1, -0.05) is 0 Å². The molecule has 2 fully saturated rings. The molecule has 0 spiro atoms. The zero-order valence-corrected chi connectivity index (χ0v) is 13.4. The quantitative estimate of drug-likeness (QED) is 0.852. The highest BCUT2D eigenvalue weighted by molar-refractivity contribution is 5.94. The molecule has 2 atom stereocenters. The fraction of sp³-hybridized carbons (Fsp3) is 0.368. The van der Waals surface area contributed by atoms with Crippen LogP contribution in [0.5, 0.6) is 0 Å². The van der Waals surface area contributed by atoms with Crippen LogP contribution in [0.3, 0.4) is 0 Å². The van der Waals surface area contributed by atoms with Crippen LogP contribution in [0.2, 0.25) is 0 Å². The Hall–Kier alpha value is -2.43. The maximum absolute atomic E-state index is 13.0. The minimum Gasteiger partial charge on any atom is -0.370 e. The van der Waals surface area contributed by atoms with Gasteiger partial charge in [-0.25, -0.2) is 4.39 Å². The lowest BCUT2D eigenvalue weighted by Gasteiger charge is -2.35. The molecule has 24 heavy (non-hydrogen) atoms. The number of amides is 1. The summed E-state index contributed by atoms with van der Waals surface area (Å²) in [7, 11) is 0. The van der Waals surface area contributed by atoms with Gasteiger partial charge >= 0.3 is 0 Å². The maximum atomic E-state index is 13.0. The number of likely N-dealkylation sites (tertiary alicyclic amines) is 1. The van der Waals surface area contributed by atoms with Gasteiger partial charge in [0.1, 0.15) is 5.82 Å². The first-order valence-electron chi connectivity index (χ1n) is 8.40. The van der Waals surface area contributed by atoms with Crippen LogP contribution in [0, 0.1) is 17.7 Å². The highest BCUT2D eigenvalue weighted by Gasteiger charge is 2.39. The van der Waals surface area contributed by atoms with Gasteiger partial charge in [0, 0.05) is 37.9 Å². The Labute approximate surface area is 140 Å². The van der Waals surface area contributed by atoms with Gasteiger partial charge in [-0.3, -0.25) is 9.78 Å². The van der Waals surface area contributed by atoms with Crippen LogP contribution in [0.15, 0.2) is 48.8 Å². The number of benzene rings is 1. The number of nitrogens with zero attached hydrogens (tertiary/aromatic N) is 3. The average molecular weight is 325 g/mol. The Morgan fingerprint density at radius 3 is 2.62 bits per heavy atom. The molecular weight excluding hydrogens is 305 g/mol. The van der Waals surface area contributed by atoms with E-state index >= 15 is 0 Å². The number of carbonyl (C=O) groups excluding carboxylic acids is 1. The molecule has 2 aromatic rings. The molecule has 4 rings (SSSR count). The maximum Gasteiger partial charge on any atom is 0.253 e. The molecule has 2 aliphatic heterocycles. The first kappa shape index (κ1) is 15.1. The summed E-state index contributed by atoms with van der Waals surface area (Å²) < 4.78 is 13.0. The smallest absolute Gasteiger partial charge is 0.253 e. The highest BCUT2D eigenvalue weighted by atomic mass is 19.1. The first-order chi connectivity index (χ1) is 11.7. The Balaban J connectivity index is 1.44. The van der Waals surface area contributed by atoms with Crippen LogP contribution < -0.4 is 4.90 Å². The molecule has 1 aromatic heterocycles. The Morgan fingerprint density at radius 1 is 1.08 bits per heavy atom. The lowest BCUT2D eigenvalue weighted by molar-refractivity contribution is 0.0784. The fourth-order valence-corrected chi connectivity index (χ4v) is 3.88. The fourth-order valence-electron chi connectivity index (χ4n) is 3.88. The van der Waals surface area contributed by atoms with E-state index in [-0.39, 0.29) is 11.7 Å². The van der Waals surface area contributed by atoms with Crippen molar-refractivity contribution in [2.75, 3.05) is 31.1 Å². The van der Waals surface area contributed by atoms with Crippen molar-refractivity contribution in [2.24, 2.45) is 11.8 Å². The molecule has 0 bridgehead atoms. The lowest BCUT2D eigenvalue weighted by atomic mass is 9.88. The molecule has 0 saturated carbocycles. The van der Waals surface area contributed by atoms with Crippen LogP contribution >= 0.6 is 0 Å². The van der Waals surface area contributed by atoms with Crippen molar-refractivity contribution in [1.82, 2.24) is 9.88 Å². The number of pyridine rings is 1. The summed E-state index contributed by atoms with van der Waals surface area (Å²) in [5.41, 5.74) is 1.72. The number of halogens is 1. The highest BCUT2D eigenvalue weighted by Crippen LogP contribution is 2.33. The summed E-state index contributed by atoms with van der Waals surface area (Å²) in [6.45, 7) is 3.55. The molecule has 4 nitrogen and oxygen atoms in total. The van der Waals surface area contributed by atoms with Gasteiger partial charge in [0.25, 0.3) is 5.91 Å². The molecule has 0 radical (unpaired) electrons. The van der Waals surface area contributed by atoms with Crippen molar-refractivity contribution >= 4 is 11.6 Å². The summed E-state index contributed by atoms with van der Waals surface area (Å²) in [4.78, 5) is 21.1. The van der Waals surface area contributed by atoms with E-state index in [0.29, 0.717) is 17.4 Å². The van der Waals surface area contributed by atoms with Crippen molar-refractivity contribution in [3.8, 4) is 0 Å². The third kappa shape index (κ3) is 2.86. The predicted molar refractivity (Wildman–Crippen MR) is 90.4 cm³/mol. The Kier molecular flexibility index (Phi) is 3.92. The van der Waals surface area contributed by atoms with Gasteiger partial charge in [0.2, 0.25) is 0 Å². The number of rotatable bonds is 2. The van der Waals surface area contributed by atoms with E-state index in [4.69, 9.17) is 0 Å². The number of anilines is 1. The van der Waals surface area contributed by atoms with Gasteiger partial charge in [-0.2, -0.15) is 0 Å². The number of piperidine rings is 1. The Bertz CT molecular complexity index is 719. The van der Waals surface area contributed by atoms with Gasteiger partial charge in [-0.15, -0.1) is 0 Å². The van der Waals surface area contributed by atoms with Crippen LogP contribution in [0.4, 0.5) is 10.1 Å². The van der Waals surface area contributed by atoms with Crippen LogP contribution in [-0.4, -0.2) is 42.0 Å². The van der Waals surface area contributed by atoms with Crippen molar-refractivity contribution < 1.29 is 9.18 Å². The SMILES string of the molecule is O=C(c1ccc(F)cc1)N1C[C@H]2CCN(c3cccnc3)C[C@H]2C1. The second kappa shape index (κ2) is 6.23. The van der Waals surface area contributed by atoms with E-state index in [0.717, 1.165) is 38.3 Å². The molecule has 5 heteroatoms. The second-order valence-corrected chi connectivity index (χ2v) is 6.68. The van der Waals surface area contributed by atoms with E-state index in [1.54, 1.807) is 18.3 Å². The van der Waals surface area contributed by atoms with E-state index in [2.05, 4.69) is 16.0 Å². The van der Waals surface area contributed by atoms with E-state index in [1.165, 1.54) is 12.1 Å².